The maximum Gasteiger partial charge on any atom is 0.313 e. The van der Waals surface area contributed by atoms with Crippen LogP contribution in [-0.2, 0) is 9.59 Å². The molecule has 0 aliphatic carbocycles. The van der Waals surface area contributed by atoms with Gasteiger partial charge in [0, 0.05) is 50.6 Å². The molecule has 0 unspecified atom stereocenters. The Morgan fingerprint density at radius 2 is 1.64 bits per heavy atom. The third-order valence-corrected chi connectivity index (χ3v) is 5.04. The third kappa shape index (κ3) is 5.33. The van der Waals surface area contributed by atoms with Crippen LogP contribution in [0, 0.1) is 13.8 Å². The SMILES string of the molecule is Cc1ccc(NC(=O)C(=O)NCCN2CCN(c3ccccc3)CC2)c(C)c1. The summed E-state index contributed by atoms with van der Waals surface area (Å²) < 4.78 is 0. The molecule has 2 aromatic carbocycles. The third-order valence-electron chi connectivity index (χ3n) is 5.04. The number of carbonyl (C=O) groups excluding carboxylic acids is 2. The lowest BCUT2D eigenvalue weighted by molar-refractivity contribution is -0.136. The lowest BCUT2D eigenvalue weighted by atomic mass is 10.1. The number of benzene rings is 2. The van der Waals surface area contributed by atoms with Crippen molar-refractivity contribution < 1.29 is 9.59 Å². The van der Waals surface area contributed by atoms with E-state index in [0.29, 0.717) is 12.2 Å². The van der Waals surface area contributed by atoms with Gasteiger partial charge < -0.3 is 15.5 Å². The van der Waals surface area contributed by atoms with E-state index < -0.39 is 11.8 Å². The van der Waals surface area contributed by atoms with E-state index in [1.54, 1.807) is 0 Å². The van der Waals surface area contributed by atoms with Gasteiger partial charge in [0.2, 0.25) is 0 Å². The minimum atomic E-state index is -0.624. The van der Waals surface area contributed by atoms with Gasteiger partial charge in [-0.2, -0.15) is 0 Å². The smallest absolute Gasteiger partial charge is 0.313 e. The molecule has 1 heterocycles. The lowest BCUT2D eigenvalue weighted by Crippen LogP contribution is -2.49. The van der Waals surface area contributed by atoms with E-state index in [0.717, 1.165) is 43.9 Å². The highest BCUT2D eigenvalue weighted by molar-refractivity contribution is 6.39. The quantitative estimate of drug-likeness (QED) is 0.781. The average Bonchev–Trinajstić information content (AvgIpc) is 2.71. The van der Waals surface area contributed by atoms with Crippen LogP contribution in [-0.4, -0.2) is 56.0 Å². The molecule has 1 saturated heterocycles. The first-order valence-corrected chi connectivity index (χ1v) is 9.72. The van der Waals surface area contributed by atoms with Crippen LogP contribution in [0.25, 0.3) is 0 Å². The molecule has 6 nitrogen and oxygen atoms in total. The molecule has 1 aliphatic heterocycles. The Kier molecular flexibility index (Phi) is 6.66. The Balaban J connectivity index is 1.38. The molecule has 0 bridgehead atoms. The summed E-state index contributed by atoms with van der Waals surface area (Å²) in [5, 5.41) is 5.40. The molecule has 0 spiro atoms. The summed E-state index contributed by atoms with van der Waals surface area (Å²) in [5.41, 5.74) is 3.98. The number of piperazine rings is 1. The first-order valence-electron chi connectivity index (χ1n) is 9.72. The zero-order valence-electron chi connectivity index (χ0n) is 16.6. The lowest BCUT2D eigenvalue weighted by Gasteiger charge is -2.36. The molecule has 2 N–H and O–H groups in total. The van der Waals surface area contributed by atoms with Crippen molar-refractivity contribution in [1.29, 1.82) is 0 Å². The highest BCUT2D eigenvalue weighted by Crippen LogP contribution is 2.16. The van der Waals surface area contributed by atoms with Gasteiger partial charge in [0.05, 0.1) is 0 Å². The fraction of sp³-hybridized carbons (Fsp3) is 0.364. The molecule has 6 heteroatoms. The fourth-order valence-electron chi connectivity index (χ4n) is 3.41. The normalized spacial score (nSPS) is 14.6. The van der Waals surface area contributed by atoms with Crippen LogP contribution in [0.1, 0.15) is 11.1 Å². The summed E-state index contributed by atoms with van der Waals surface area (Å²) in [6.45, 7) is 8.92. The van der Waals surface area contributed by atoms with Crippen LogP contribution in [0.15, 0.2) is 48.5 Å². The van der Waals surface area contributed by atoms with Gasteiger partial charge in [-0.1, -0.05) is 35.9 Å². The monoisotopic (exact) mass is 380 g/mol. The van der Waals surface area contributed by atoms with Crippen molar-refractivity contribution in [1.82, 2.24) is 10.2 Å². The van der Waals surface area contributed by atoms with Crippen molar-refractivity contribution in [3.8, 4) is 0 Å². The number of aryl methyl sites for hydroxylation is 2. The van der Waals surface area contributed by atoms with Crippen LogP contribution in [0.2, 0.25) is 0 Å². The van der Waals surface area contributed by atoms with E-state index in [-0.39, 0.29) is 0 Å². The van der Waals surface area contributed by atoms with Gasteiger partial charge in [0.25, 0.3) is 0 Å². The van der Waals surface area contributed by atoms with Gasteiger partial charge in [-0.3, -0.25) is 14.5 Å². The van der Waals surface area contributed by atoms with E-state index >= 15 is 0 Å². The van der Waals surface area contributed by atoms with Crippen LogP contribution >= 0.6 is 0 Å². The molecular weight excluding hydrogens is 352 g/mol. The summed E-state index contributed by atoms with van der Waals surface area (Å²) in [5.74, 6) is -1.22. The molecule has 0 saturated carbocycles. The Hall–Kier alpha value is -2.86. The van der Waals surface area contributed by atoms with Crippen molar-refractivity contribution in [3.05, 3.63) is 59.7 Å². The molecular formula is C22H28N4O2. The average molecular weight is 380 g/mol. The van der Waals surface area contributed by atoms with Crippen LogP contribution in [0.4, 0.5) is 11.4 Å². The number of nitrogens with zero attached hydrogens (tertiary/aromatic N) is 2. The van der Waals surface area contributed by atoms with Gasteiger partial charge in [-0.25, -0.2) is 0 Å². The predicted octanol–water partition coefficient (Wildman–Crippen LogP) is 2.18. The summed E-state index contributed by atoms with van der Waals surface area (Å²) in [6.07, 6.45) is 0. The van der Waals surface area contributed by atoms with Crippen LogP contribution in [0.5, 0.6) is 0 Å². The largest absolute Gasteiger partial charge is 0.369 e. The van der Waals surface area contributed by atoms with Gasteiger partial charge in [-0.15, -0.1) is 0 Å². The molecule has 28 heavy (non-hydrogen) atoms. The van der Waals surface area contributed by atoms with Crippen molar-refractivity contribution in [2.75, 3.05) is 49.5 Å². The van der Waals surface area contributed by atoms with E-state index in [2.05, 4.69) is 44.7 Å². The standard InChI is InChI=1S/C22H28N4O2/c1-17-8-9-20(18(2)16-17)24-22(28)21(27)23-10-11-25-12-14-26(15-13-25)19-6-4-3-5-7-19/h3-9,16H,10-15H2,1-2H3,(H,23,27)(H,24,28). The van der Waals surface area contributed by atoms with Crippen molar-refractivity contribution >= 4 is 23.2 Å². The molecule has 148 valence electrons. The Morgan fingerprint density at radius 1 is 0.929 bits per heavy atom. The van der Waals surface area contributed by atoms with Crippen molar-refractivity contribution in [2.24, 2.45) is 0 Å². The van der Waals surface area contributed by atoms with Crippen LogP contribution < -0.4 is 15.5 Å². The minimum Gasteiger partial charge on any atom is -0.369 e. The summed E-state index contributed by atoms with van der Waals surface area (Å²) in [4.78, 5) is 28.8. The number of anilines is 2. The number of rotatable bonds is 5. The second kappa shape index (κ2) is 9.37. The highest BCUT2D eigenvalue weighted by Gasteiger charge is 2.18. The number of hydrogen-bond acceptors (Lipinski definition) is 4. The van der Waals surface area contributed by atoms with Gasteiger partial charge >= 0.3 is 11.8 Å². The highest BCUT2D eigenvalue weighted by atomic mass is 16.2. The molecule has 2 amide bonds. The second-order valence-corrected chi connectivity index (χ2v) is 7.19. The van der Waals surface area contributed by atoms with Gasteiger partial charge in [0.15, 0.2) is 0 Å². The topological polar surface area (TPSA) is 64.7 Å². The van der Waals surface area contributed by atoms with Gasteiger partial charge in [0.1, 0.15) is 0 Å². The fourth-order valence-corrected chi connectivity index (χ4v) is 3.41. The number of carbonyl (C=O) groups is 2. The Bertz CT molecular complexity index is 815. The van der Waals surface area contributed by atoms with Crippen molar-refractivity contribution in [3.63, 3.8) is 0 Å². The van der Waals surface area contributed by atoms with E-state index in [4.69, 9.17) is 0 Å². The zero-order valence-corrected chi connectivity index (χ0v) is 16.6. The minimum absolute atomic E-state index is 0.463. The maximum absolute atomic E-state index is 12.1. The van der Waals surface area contributed by atoms with Crippen molar-refractivity contribution in [2.45, 2.75) is 13.8 Å². The Morgan fingerprint density at radius 3 is 2.32 bits per heavy atom. The number of nitrogens with one attached hydrogen (secondary N) is 2. The number of amides is 2. The molecule has 3 rings (SSSR count). The van der Waals surface area contributed by atoms with E-state index in [1.165, 1.54) is 5.69 Å². The van der Waals surface area contributed by atoms with E-state index in [1.807, 2.05) is 38.1 Å². The molecule has 1 fully saturated rings. The molecule has 2 aromatic rings. The summed E-state index contributed by atoms with van der Waals surface area (Å²) >= 11 is 0. The maximum atomic E-state index is 12.1. The molecule has 0 atom stereocenters. The Labute approximate surface area is 166 Å². The molecule has 0 aromatic heterocycles. The molecule has 0 radical (unpaired) electrons. The number of para-hydroxylation sites is 1. The zero-order chi connectivity index (χ0) is 19.9. The van der Waals surface area contributed by atoms with Gasteiger partial charge in [-0.05, 0) is 37.6 Å². The predicted molar refractivity (Wildman–Crippen MR) is 113 cm³/mol. The molecule has 1 aliphatic rings. The second-order valence-electron chi connectivity index (χ2n) is 7.19. The summed E-state index contributed by atoms with van der Waals surface area (Å²) in [6, 6.07) is 16.1. The van der Waals surface area contributed by atoms with Crippen LogP contribution in [0.3, 0.4) is 0 Å². The first-order chi connectivity index (χ1) is 13.5. The van der Waals surface area contributed by atoms with E-state index in [9.17, 15) is 9.59 Å². The first kappa shape index (κ1) is 19.9. The summed E-state index contributed by atoms with van der Waals surface area (Å²) in [7, 11) is 0. The number of hydrogen-bond donors (Lipinski definition) is 2.